The fourth-order valence-corrected chi connectivity index (χ4v) is 3.03. The van der Waals surface area contributed by atoms with E-state index in [1.165, 1.54) is 5.56 Å². The maximum atomic E-state index is 12.4. The van der Waals surface area contributed by atoms with E-state index in [2.05, 4.69) is 43.4 Å². The van der Waals surface area contributed by atoms with Crippen LogP contribution in [-0.4, -0.2) is 35.5 Å². The van der Waals surface area contributed by atoms with Crippen molar-refractivity contribution >= 4 is 5.91 Å². The van der Waals surface area contributed by atoms with Crippen molar-refractivity contribution in [3.63, 3.8) is 0 Å². The van der Waals surface area contributed by atoms with Gasteiger partial charge in [0.05, 0.1) is 6.04 Å². The molecule has 1 N–H and O–H groups in total. The quantitative estimate of drug-likeness (QED) is 0.873. The Balaban J connectivity index is 1.83. The molecule has 1 aromatic carbocycles. The summed E-state index contributed by atoms with van der Waals surface area (Å²) in [5, 5.41) is 3.51. The van der Waals surface area contributed by atoms with Gasteiger partial charge in [-0.15, -0.1) is 0 Å². The molecule has 0 radical (unpaired) electrons. The van der Waals surface area contributed by atoms with Crippen LogP contribution in [0.2, 0.25) is 0 Å². The third-order valence-electron chi connectivity index (χ3n) is 4.28. The zero-order valence-electron chi connectivity index (χ0n) is 13.6. The van der Waals surface area contributed by atoms with Crippen molar-refractivity contribution in [2.75, 3.05) is 13.1 Å². The fraction of sp³-hybridized carbons (Fsp3) is 0.611. The lowest BCUT2D eigenvalue weighted by Gasteiger charge is -2.31. The number of amides is 1. The van der Waals surface area contributed by atoms with Gasteiger partial charge in [0.2, 0.25) is 5.91 Å². The fourth-order valence-electron chi connectivity index (χ4n) is 3.03. The summed E-state index contributed by atoms with van der Waals surface area (Å²) in [7, 11) is 0. The lowest BCUT2D eigenvalue weighted by molar-refractivity contribution is -0.132. The second-order valence-corrected chi connectivity index (χ2v) is 6.77. The number of rotatable bonds is 6. The molecule has 0 bridgehead atoms. The first-order chi connectivity index (χ1) is 9.98. The molecule has 1 heterocycles. The summed E-state index contributed by atoms with van der Waals surface area (Å²) < 4.78 is 0. The van der Waals surface area contributed by atoms with Crippen molar-refractivity contribution in [3.05, 3.63) is 35.9 Å². The van der Waals surface area contributed by atoms with Gasteiger partial charge in [-0.05, 0) is 52.0 Å². The number of aryl methyl sites for hydroxylation is 1. The van der Waals surface area contributed by atoms with Crippen LogP contribution >= 0.6 is 0 Å². The third-order valence-corrected chi connectivity index (χ3v) is 4.28. The number of carbonyl (C=O) groups is 1. The third kappa shape index (κ3) is 4.85. The SMILES string of the molecule is CC(NC(C)(C)CCc1ccccc1)C(=O)N1CCCC1. The smallest absolute Gasteiger partial charge is 0.239 e. The molecule has 1 atom stereocenters. The average Bonchev–Trinajstić information content (AvgIpc) is 2.99. The Morgan fingerprint density at radius 3 is 2.48 bits per heavy atom. The first-order valence-electron chi connectivity index (χ1n) is 8.08. The Bertz CT molecular complexity index is 450. The van der Waals surface area contributed by atoms with Crippen LogP contribution in [0.3, 0.4) is 0 Å². The molecule has 2 rings (SSSR count). The van der Waals surface area contributed by atoms with Gasteiger partial charge in [0, 0.05) is 18.6 Å². The molecule has 3 nitrogen and oxygen atoms in total. The maximum Gasteiger partial charge on any atom is 0.239 e. The summed E-state index contributed by atoms with van der Waals surface area (Å²) in [6.07, 6.45) is 4.35. The predicted molar refractivity (Wildman–Crippen MR) is 87.3 cm³/mol. The summed E-state index contributed by atoms with van der Waals surface area (Å²) in [4.78, 5) is 14.4. The molecule has 0 spiro atoms. The van der Waals surface area contributed by atoms with Crippen molar-refractivity contribution in [3.8, 4) is 0 Å². The van der Waals surface area contributed by atoms with Gasteiger partial charge < -0.3 is 10.2 Å². The van der Waals surface area contributed by atoms with Gasteiger partial charge in [0.1, 0.15) is 0 Å². The number of hydrogen-bond donors (Lipinski definition) is 1. The lowest BCUT2D eigenvalue weighted by atomic mass is 9.94. The first-order valence-corrected chi connectivity index (χ1v) is 8.08. The Hall–Kier alpha value is -1.35. The van der Waals surface area contributed by atoms with Crippen molar-refractivity contribution in [1.29, 1.82) is 0 Å². The number of hydrogen-bond acceptors (Lipinski definition) is 2. The molecule has 116 valence electrons. The zero-order valence-corrected chi connectivity index (χ0v) is 13.6. The number of likely N-dealkylation sites (tertiary alicyclic amines) is 1. The number of nitrogens with one attached hydrogen (secondary N) is 1. The van der Waals surface area contributed by atoms with Gasteiger partial charge in [-0.25, -0.2) is 0 Å². The highest BCUT2D eigenvalue weighted by molar-refractivity contribution is 5.81. The summed E-state index contributed by atoms with van der Waals surface area (Å²) in [6.45, 7) is 8.21. The highest BCUT2D eigenvalue weighted by Crippen LogP contribution is 2.16. The predicted octanol–water partition coefficient (Wildman–Crippen LogP) is 3.00. The molecule has 1 saturated heterocycles. The second kappa shape index (κ2) is 7.08. The van der Waals surface area contributed by atoms with Crippen molar-refractivity contribution < 1.29 is 4.79 Å². The van der Waals surface area contributed by atoms with Gasteiger partial charge in [0.25, 0.3) is 0 Å². The maximum absolute atomic E-state index is 12.4. The number of benzene rings is 1. The van der Waals surface area contributed by atoms with E-state index in [9.17, 15) is 4.79 Å². The van der Waals surface area contributed by atoms with Crippen LogP contribution in [0, 0.1) is 0 Å². The minimum Gasteiger partial charge on any atom is -0.341 e. The van der Waals surface area contributed by atoms with Gasteiger partial charge in [0.15, 0.2) is 0 Å². The van der Waals surface area contributed by atoms with E-state index in [-0.39, 0.29) is 17.5 Å². The highest BCUT2D eigenvalue weighted by atomic mass is 16.2. The van der Waals surface area contributed by atoms with Crippen LogP contribution in [0.15, 0.2) is 30.3 Å². The molecule has 1 fully saturated rings. The molecule has 21 heavy (non-hydrogen) atoms. The molecular weight excluding hydrogens is 260 g/mol. The first kappa shape index (κ1) is 16.0. The molecule has 3 heteroatoms. The Morgan fingerprint density at radius 1 is 1.24 bits per heavy atom. The molecule has 1 aromatic rings. The molecule has 1 unspecified atom stereocenters. The topological polar surface area (TPSA) is 32.3 Å². The van der Waals surface area contributed by atoms with E-state index in [0.717, 1.165) is 38.8 Å². The minimum absolute atomic E-state index is 0.0371. The summed E-state index contributed by atoms with van der Waals surface area (Å²) >= 11 is 0. The zero-order chi connectivity index (χ0) is 15.3. The molecule has 1 aliphatic rings. The lowest BCUT2D eigenvalue weighted by Crippen LogP contribution is -2.52. The Kier molecular flexibility index (Phi) is 5.40. The van der Waals surface area contributed by atoms with E-state index in [1.807, 2.05) is 17.9 Å². The van der Waals surface area contributed by atoms with Gasteiger partial charge >= 0.3 is 0 Å². The Labute approximate surface area is 128 Å². The largest absolute Gasteiger partial charge is 0.341 e. The monoisotopic (exact) mass is 288 g/mol. The Morgan fingerprint density at radius 2 is 1.86 bits per heavy atom. The van der Waals surface area contributed by atoms with Crippen LogP contribution in [0.25, 0.3) is 0 Å². The number of nitrogens with zero attached hydrogens (tertiary/aromatic N) is 1. The van der Waals surface area contributed by atoms with Crippen LogP contribution in [-0.2, 0) is 11.2 Å². The van der Waals surface area contributed by atoms with Crippen molar-refractivity contribution in [2.45, 2.75) is 58.0 Å². The minimum atomic E-state index is -0.103. The average molecular weight is 288 g/mol. The van der Waals surface area contributed by atoms with Crippen molar-refractivity contribution in [1.82, 2.24) is 10.2 Å². The van der Waals surface area contributed by atoms with Gasteiger partial charge in [-0.3, -0.25) is 4.79 Å². The van der Waals surface area contributed by atoms with E-state index in [4.69, 9.17) is 0 Å². The van der Waals surface area contributed by atoms with Crippen LogP contribution in [0.4, 0.5) is 0 Å². The molecule has 1 aliphatic heterocycles. The van der Waals surface area contributed by atoms with E-state index < -0.39 is 0 Å². The molecular formula is C18H28N2O. The summed E-state index contributed by atoms with van der Waals surface area (Å²) in [5.41, 5.74) is 1.32. The van der Waals surface area contributed by atoms with Crippen molar-refractivity contribution in [2.24, 2.45) is 0 Å². The number of carbonyl (C=O) groups excluding carboxylic acids is 1. The normalized spacial score (nSPS) is 17.0. The molecule has 0 aliphatic carbocycles. The van der Waals surface area contributed by atoms with Gasteiger partial charge in [-0.1, -0.05) is 30.3 Å². The van der Waals surface area contributed by atoms with Gasteiger partial charge in [-0.2, -0.15) is 0 Å². The molecule has 0 aromatic heterocycles. The van der Waals surface area contributed by atoms with E-state index >= 15 is 0 Å². The summed E-state index contributed by atoms with van der Waals surface area (Å²) in [6, 6.07) is 10.4. The van der Waals surface area contributed by atoms with Crippen LogP contribution in [0.5, 0.6) is 0 Å². The molecule has 1 amide bonds. The standard InChI is InChI=1S/C18H28N2O/c1-15(17(21)20-13-7-8-14-20)19-18(2,3)12-11-16-9-5-4-6-10-16/h4-6,9-10,15,19H,7-8,11-14H2,1-3H3. The molecule has 0 saturated carbocycles. The van der Waals surface area contributed by atoms with Crippen LogP contribution in [0.1, 0.15) is 45.6 Å². The van der Waals surface area contributed by atoms with Crippen LogP contribution < -0.4 is 5.32 Å². The van der Waals surface area contributed by atoms with E-state index in [1.54, 1.807) is 0 Å². The summed E-state index contributed by atoms with van der Waals surface area (Å²) in [5.74, 6) is 0.250. The highest BCUT2D eigenvalue weighted by Gasteiger charge is 2.27. The van der Waals surface area contributed by atoms with E-state index in [0.29, 0.717) is 0 Å². The second-order valence-electron chi connectivity index (χ2n) is 6.77.